The fourth-order valence-corrected chi connectivity index (χ4v) is 2.75. The van der Waals surface area contributed by atoms with Crippen LogP contribution in [0.3, 0.4) is 0 Å². The Morgan fingerprint density at radius 1 is 1.33 bits per heavy atom. The van der Waals surface area contributed by atoms with Gasteiger partial charge in [0.2, 0.25) is 5.91 Å². The number of hydrogen-bond donors (Lipinski definition) is 1. The van der Waals surface area contributed by atoms with Gasteiger partial charge in [0.25, 0.3) is 0 Å². The number of carbonyl (C=O) groups is 1. The molecule has 0 aromatic rings. The van der Waals surface area contributed by atoms with E-state index in [0.717, 1.165) is 26.1 Å². The summed E-state index contributed by atoms with van der Waals surface area (Å²) in [6.07, 6.45) is 3.47. The standard InChI is InChI=1S/C12H22N2O/c1-9-4-3-7-14(10(9)2)12(15)11-5-6-13-8-11/h9-11,13H,3-8H2,1-2H3. The molecule has 2 aliphatic heterocycles. The van der Waals surface area contributed by atoms with Crippen molar-refractivity contribution < 1.29 is 4.79 Å². The Bertz CT molecular complexity index is 236. The molecule has 3 heteroatoms. The van der Waals surface area contributed by atoms with E-state index in [0.29, 0.717) is 17.9 Å². The fourth-order valence-electron chi connectivity index (χ4n) is 2.75. The first-order chi connectivity index (χ1) is 7.20. The fraction of sp³-hybridized carbons (Fsp3) is 0.917. The molecule has 1 N–H and O–H groups in total. The second-order valence-electron chi connectivity index (χ2n) is 5.08. The first kappa shape index (κ1) is 10.9. The molecule has 2 aliphatic rings. The van der Waals surface area contributed by atoms with Gasteiger partial charge in [-0.15, -0.1) is 0 Å². The van der Waals surface area contributed by atoms with Crippen molar-refractivity contribution >= 4 is 5.91 Å². The van der Waals surface area contributed by atoms with Gasteiger partial charge in [0.1, 0.15) is 0 Å². The molecule has 0 aliphatic carbocycles. The lowest BCUT2D eigenvalue weighted by Gasteiger charge is -2.39. The van der Waals surface area contributed by atoms with Crippen molar-refractivity contribution in [3.8, 4) is 0 Å². The minimum absolute atomic E-state index is 0.248. The largest absolute Gasteiger partial charge is 0.339 e. The van der Waals surface area contributed by atoms with Crippen LogP contribution in [0.15, 0.2) is 0 Å². The van der Waals surface area contributed by atoms with E-state index >= 15 is 0 Å². The SMILES string of the molecule is CC1CCCN(C(=O)C2CCNC2)C1C. The summed E-state index contributed by atoms with van der Waals surface area (Å²) in [5.74, 6) is 1.30. The molecule has 2 heterocycles. The maximum atomic E-state index is 12.2. The molecule has 0 aromatic carbocycles. The third kappa shape index (κ3) is 2.17. The number of nitrogens with one attached hydrogen (secondary N) is 1. The van der Waals surface area contributed by atoms with Crippen LogP contribution >= 0.6 is 0 Å². The molecule has 3 unspecified atom stereocenters. The molecule has 0 spiro atoms. The number of rotatable bonds is 1. The lowest BCUT2D eigenvalue weighted by Crippen LogP contribution is -2.48. The lowest BCUT2D eigenvalue weighted by atomic mass is 9.91. The summed E-state index contributed by atoms with van der Waals surface area (Å²) in [6, 6.07) is 0.437. The molecular formula is C12H22N2O. The Morgan fingerprint density at radius 3 is 2.80 bits per heavy atom. The van der Waals surface area contributed by atoms with Crippen molar-refractivity contribution in [1.29, 1.82) is 0 Å². The van der Waals surface area contributed by atoms with Crippen LogP contribution in [0.2, 0.25) is 0 Å². The van der Waals surface area contributed by atoms with Gasteiger partial charge in [-0.05, 0) is 38.6 Å². The van der Waals surface area contributed by atoms with Crippen molar-refractivity contribution in [2.45, 2.75) is 39.2 Å². The predicted octanol–water partition coefficient (Wildman–Crippen LogP) is 1.24. The average Bonchev–Trinajstić information content (AvgIpc) is 2.74. The highest BCUT2D eigenvalue weighted by Crippen LogP contribution is 2.25. The number of carbonyl (C=O) groups excluding carboxylic acids is 1. The van der Waals surface area contributed by atoms with Crippen LogP contribution in [-0.2, 0) is 4.79 Å². The lowest BCUT2D eigenvalue weighted by molar-refractivity contribution is -0.139. The van der Waals surface area contributed by atoms with Crippen molar-refractivity contribution in [2.75, 3.05) is 19.6 Å². The van der Waals surface area contributed by atoms with Gasteiger partial charge in [0.05, 0.1) is 5.92 Å². The Hall–Kier alpha value is -0.570. The molecule has 0 bridgehead atoms. The normalized spacial score (nSPS) is 36.9. The zero-order valence-corrected chi connectivity index (χ0v) is 9.83. The molecule has 3 nitrogen and oxygen atoms in total. The van der Waals surface area contributed by atoms with Crippen molar-refractivity contribution in [1.82, 2.24) is 10.2 Å². The third-order valence-corrected chi connectivity index (χ3v) is 4.07. The van der Waals surface area contributed by atoms with E-state index in [4.69, 9.17) is 0 Å². The number of amides is 1. The highest BCUT2D eigenvalue weighted by molar-refractivity contribution is 5.79. The van der Waals surface area contributed by atoms with Crippen molar-refractivity contribution in [3.63, 3.8) is 0 Å². The van der Waals surface area contributed by atoms with Crippen LogP contribution in [0.25, 0.3) is 0 Å². The summed E-state index contributed by atoms with van der Waals surface area (Å²) < 4.78 is 0. The Labute approximate surface area is 92.2 Å². The summed E-state index contributed by atoms with van der Waals surface area (Å²) in [5.41, 5.74) is 0. The maximum Gasteiger partial charge on any atom is 0.227 e. The molecule has 0 saturated carbocycles. The molecular weight excluding hydrogens is 188 g/mol. The maximum absolute atomic E-state index is 12.2. The van der Waals surface area contributed by atoms with Crippen LogP contribution in [0.1, 0.15) is 33.1 Å². The monoisotopic (exact) mass is 210 g/mol. The summed E-state index contributed by atoms with van der Waals surface area (Å²) in [5, 5.41) is 3.27. The summed E-state index contributed by atoms with van der Waals surface area (Å²) in [4.78, 5) is 14.4. The highest BCUT2D eigenvalue weighted by atomic mass is 16.2. The minimum Gasteiger partial charge on any atom is -0.339 e. The molecule has 0 aromatic heterocycles. The van der Waals surface area contributed by atoms with Crippen LogP contribution in [0.5, 0.6) is 0 Å². The van der Waals surface area contributed by atoms with Crippen molar-refractivity contribution in [2.24, 2.45) is 11.8 Å². The molecule has 0 radical (unpaired) electrons. The quantitative estimate of drug-likeness (QED) is 0.706. The molecule has 2 saturated heterocycles. The first-order valence-electron chi connectivity index (χ1n) is 6.21. The zero-order chi connectivity index (χ0) is 10.8. The van der Waals surface area contributed by atoms with Crippen LogP contribution in [-0.4, -0.2) is 36.5 Å². The van der Waals surface area contributed by atoms with E-state index < -0.39 is 0 Å². The predicted molar refractivity (Wildman–Crippen MR) is 60.5 cm³/mol. The van der Waals surface area contributed by atoms with Gasteiger partial charge >= 0.3 is 0 Å². The van der Waals surface area contributed by atoms with Gasteiger partial charge in [-0.25, -0.2) is 0 Å². The number of piperidine rings is 1. The topological polar surface area (TPSA) is 32.3 Å². The van der Waals surface area contributed by atoms with Crippen LogP contribution in [0, 0.1) is 11.8 Å². The van der Waals surface area contributed by atoms with E-state index in [1.165, 1.54) is 12.8 Å². The molecule has 86 valence electrons. The smallest absolute Gasteiger partial charge is 0.227 e. The van der Waals surface area contributed by atoms with Crippen LogP contribution < -0.4 is 5.32 Å². The molecule has 2 fully saturated rings. The number of nitrogens with zero attached hydrogens (tertiary/aromatic N) is 1. The Morgan fingerprint density at radius 2 is 2.13 bits per heavy atom. The van der Waals surface area contributed by atoms with E-state index in [9.17, 15) is 4.79 Å². The first-order valence-corrected chi connectivity index (χ1v) is 6.21. The summed E-state index contributed by atoms with van der Waals surface area (Å²) >= 11 is 0. The van der Waals surface area contributed by atoms with Gasteiger partial charge in [0, 0.05) is 19.1 Å². The molecule has 3 atom stereocenters. The zero-order valence-electron chi connectivity index (χ0n) is 9.83. The molecule has 1 amide bonds. The second-order valence-corrected chi connectivity index (χ2v) is 5.08. The summed E-state index contributed by atoms with van der Waals surface area (Å²) in [6.45, 7) is 7.33. The van der Waals surface area contributed by atoms with Crippen LogP contribution in [0.4, 0.5) is 0 Å². The minimum atomic E-state index is 0.248. The van der Waals surface area contributed by atoms with E-state index in [1.807, 2.05) is 0 Å². The number of likely N-dealkylation sites (tertiary alicyclic amines) is 1. The van der Waals surface area contributed by atoms with E-state index in [1.54, 1.807) is 0 Å². The average molecular weight is 210 g/mol. The van der Waals surface area contributed by atoms with Gasteiger partial charge in [-0.2, -0.15) is 0 Å². The Kier molecular flexibility index (Phi) is 3.29. The van der Waals surface area contributed by atoms with E-state index in [-0.39, 0.29) is 5.92 Å². The van der Waals surface area contributed by atoms with Gasteiger partial charge in [0.15, 0.2) is 0 Å². The third-order valence-electron chi connectivity index (χ3n) is 4.07. The van der Waals surface area contributed by atoms with Gasteiger partial charge in [-0.1, -0.05) is 6.92 Å². The summed E-state index contributed by atoms with van der Waals surface area (Å²) in [7, 11) is 0. The number of hydrogen-bond acceptors (Lipinski definition) is 2. The van der Waals surface area contributed by atoms with Crippen molar-refractivity contribution in [3.05, 3.63) is 0 Å². The highest BCUT2D eigenvalue weighted by Gasteiger charge is 2.33. The second kappa shape index (κ2) is 4.52. The van der Waals surface area contributed by atoms with E-state index in [2.05, 4.69) is 24.1 Å². The molecule has 15 heavy (non-hydrogen) atoms. The Balaban J connectivity index is 1.98. The molecule has 2 rings (SSSR count). The van der Waals surface area contributed by atoms with Gasteiger partial charge < -0.3 is 10.2 Å². The van der Waals surface area contributed by atoms with Gasteiger partial charge in [-0.3, -0.25) is 4.79 Å².